The highest BCUT2D eigenvalue weighted by atomic mass is 32.3. The van der Waals surface area contributed by atoms with Gasteiger partial charge in [0, 0.05) is 13.0 Å². The van der Waals surface area contributed by atoms with E-state index >= 15 is 0 Å². The average molecular weight is 889 g/mol. The van der Waals surface area contributed by atoms with E-state index in [1.807, 2.05) is 0 Å². The Labute approximate surface area is 371 Å². The maximum absolute atomic E-state index is 12.8. The summed E-state index contributed by atoms with van der Waals surface area (Å²) in [6.07, 6.45) is 37.6. The number of carbonyl (C=O) groups excluding carboxylic acids is 1. The normalized spacial score (nSPS) is 20.4. The lowest BCUT2D eigenvalue weighted by Gasteiger charge is -2.41. The zero-order chi connectivity index (χ0) is 44.7. The first kappa shape index (κ1) is 57.3. The van der Waals surface area contributed by atoms with E-state index in [0.717, 1.165) is 57.8 Å². The number of esters is 1. The van der Waals surface area contributed by atoms with E-state index in [-0.39, 0.29) is 19.6 Å². The SMILES string of the molecule is CC/C=C\C/C=C\C/C=C\CCCCCC(=O)OC(COCCCCCCCCCCCCCCCCCCCCCCC)COC1OC(CO)C(O)C(OS(=O)(=O)O)C1O. The Morgan fingerprint density at radius 1 is 0.639 bits per heavy atom. The molecule has 1 aliphatic heterocycles. The van der Waals surface area contributed by atoms with Crippen LogP contribution < -0.4 is 0 Å². The van der Waals surface area contributed by atoms with E-state index in [9.17, 15) is 28.5 Å². The Bertz CT molecular complexity index is 1210. The molecule has 61 heavy (non-hydrogen) atoms. The first-order valence-corrected chi connectivity index (χ1v) is 25.6. The van der Waals surface area contributed by atoms with Crippen LogP contribution in [-0.4, -0.2) is 97.5 Å². The van der Waals surface area contributed by atoms with Crippen molar-refractivity contribution in [3.63, 3.8) is 0 Å². The van der Waals surface area contributed by atoms with Crippen LogP contribution in [-0.2, 0) is 38.3 Å². The van der Waals surface area contributed by atoms with Crippen molar-refractivity contribution in [3.8, 4) is 0 Å². The van der Waals surface area contributed by atoms with Crippen molar-refractivity contribution in [2.24, 2.45) is 0 Å². The first-order valence-electron chi connectivity index (χ1n) is 24.2. The molecule has 0 bridgehead atoms. The lowest BCUT2D eigenvalue weighted by Crippen LogP contribution is -2.60. The molecular formula is C48H88O12S. The van der Waals surface area contributed by atoms with Gasteiger partial charge in [-0.3, -0.25) is 9.35 Å². The average Bonchev–Trinajstić information content (AvgIpc) is 3.23. The summed E-state index contributed by atoms with van der Waals surface area (Å²) in [5.74, 6) is -0.426. The zero-order valence-corrected chi connectivity index (χ0v) is 39.0. The summed E-state index contributed by atoms with van der Waals surface area (Å²) < 4.78 is 59.1. The van der Waals surface area contributed by atoms with E-state index < -0.39 is 59.8 Å². The third-order valence-corrected chi connectivity index (χ3v) is 11.5. The number of aliphatic hydroxyl groups is 3. The lowest BCUT2D eigenvalue weighted by molar-refractivity contribution is -0.301. The molecule has 4 N–H and O–H groups in total. The molecule has 358 valence electrons. The molecule has 0 aliphatic carbocycles. The Morgan fingerprint density at radius 3 is 1.64 bits per heavy atom. The van der Waals surface area contributed by atoms with Crippen molar-refractivity contribution in [3.05, 3.63) is 36.5 Å². The molecule has 0 aromatic heterocycles. The van der Waals surface area contributed by atoms with E-state index in [1.165, 1.54) is 116 Å². The molecule has 0 aromatic rings. The highest BCUT2D eigenvalue weighted by Gasteiger charge is 2.48. The molecule has 6 atom stereocenters. The van der Waals surface area contributed by atoms with Crippen molar-refractivity contribution < 1.29 is 56.2 Å². The summed E-state index contributed by atoms with van der Waals surface area (Å²) in [4.78, 5) is 12.8. The van der Waals surface area contributed by atoms with Crippen molar-refractivity contribution in [1.29, 1.82) is 0 Å². The van der Waals surface area contributed by atoms with Crippen molar-refractivity contribution >= 4 is 16.4 Å². The molecule has 1 fully saturated rings. The van der Waals surface area contributed by atoms with Gasteiger partial charge in [-0.25, -0.2) is 4.18 Å². The highest BCUT2D eigenvalue weighted by Crippen LogP contribution is 2.26. The predicted octanol–water partition coefficient (Wildman–Crippen LogP) is 10.6. The molecule has 6 unspecified atom stereocenters. The number of unbranched alkanes of at least 4 members (excludes halogenated alkanes) is 23. The van der Waals surface area contributed by atoms with Gasteiger partial charge in [0.1, 0.15) is 30.5 Å². The van der Waals surface area contributed by atoms with Crippen molar-refractivity contribution in [2.45, 2.75) is 237 Å². The minimum atomic E-state index is -5.06. The fourth-order valence-corrected chi connectivity index (χ4v) is 7.90. The second kappa shape index (κ2) is 39.9. The van der Waals surface area contributed by atoms with Gasteiger partial charge in [-0.05, 0) is 44.9 Å². The van der Waals surface area contributed by atoms with Crippen molar-refractivity contribution in [2.75, 3.05) is 26.4 Å². The molecule has 0 amide bonds. The van der Waals surface area contributed by atoms with Gasteiger partial charge in [-0.2, -0.15) is 8.42 Å². The topological polar surface area (TPSA) is 178 Å². The molecule has 1 rings (SSSR count). The van der Waals surface area contributed by atoms with Gasteiger partial charge in [0.15, 0.2) is 6.29 Å². The molecule has 13 heteroatoms. The Balaban J connectivity index is 2.36. The Kier molecular flexibility index (Phi) is 37.5. The minimum absolute atomic E-state index is 0.0267. The molecule has 12 nitrogen and oxygen atoms in total. The molecule has 0 radical (unpaired) electrons. The van der Waals surface area contributed by atoms with Crippen LogP contribution in [0.4, 0.5) is 0 Å². The van der Waals surface area contributed by atoms with Gasteiger partial charge < -0.3 is 34.3 Å². The number of hydrogen-bond donors (Lipinski definition) is 4. The van der Waals surface area contributed by atoms with E-state index in [4.69, 9.17) is 23.5 Å². The van der Waals surface area contributed by atoms with Gasteiger partial charge in [0.2, 0.25) is 0 Å². The summed E-state index contributed by atoms with van der Waals surface area (Å²) in [6, 6.07) is 0. The fourth-order valence-electron chi connectivity index (χ4n) is 7.39. The quantitative estimate of drug-likeness (QED) is 0.0198. The smallest absolute Gasteiger partial charge is 0.397 e. The van der Waals surface area contributed by atoms with Crippen LogP contribution in [0.2, 0.25) is 0 Å². The van der Waals surface area contributed by atoms with Gasteiger partial charge in [-0.1, -0.05) is 185 Å². The van der Waals surface area contributed by atoms with E-state index in [1.54, 1.807) is 0 Å². The van der Waals surface area contributed by atoms with Crippen LogP contribution in [0.1, 0.15) is 200 Å². The van der Waals surface area contributed by atoms with Gasteiger partial charge in [-0.15, -0.1) is 0 Å². The largest absolute Gasteiger partial charge is 0.457 e. The summed E-state index contributed by atoms with van der Waals surface area (Å²) >= 11 is 0. The maximum Gasteiger partial charge on any atom is 0.397 e. The van der Waals surface area contributed by atoms with Crippen LogP contribution in [0.5, 0.6) is 0 Å². The van der Waals surface area contributed by atoms with Crippen LogP contribution in [0.3, 0.4) is 0 Å². The van der Waals surface area contributed by atoms with E-state index in [2.05, 4.69) is 54.5 Å². The molecule has 1 saturated heterocycles. The molecule has 1 aliphatic rings. The first-order chi connectivity index (χ1) is 29.6. The van der Waals surface area contributed by atoms with Crippen LogP contribution in [0.25, 0.3) is 0 Å². The number of aliphatic hydroxyl groups excluding tert-OH is 3. The summed E-state index contributed by atoms with van der Waals surface area (Å²) in [5.41, 5.74) is 0. The number of rotatable bonds is 42. The van der Waals surface area contributed by atoms with Gasteiger partial charge in [0.05, 0.1) is 19.8 Å². The second-order valence-corrected chi connectivity index (χ2v) is 17.7. The molecule has 0 aromatic carbocycles. The Morgan fingerprint density at radius 2 is 1.13 bits per heavy atom. The summed E-state index contributed by atoms with van der Waals surface area (Å²) in [7, 11) is -5.06. The fraction of sp³-hybridized carbons (Fsp3) is 0.854. The van der Waals surface area contributed by atoms with Gasteiger partial charge >= 0.3 is 16.4 Å². The Hall–Kier alpha value is -1.68. The molecule has 0 saturated carbocycles. The van der Waals surface area contributed by atoms with E-state index in [0.29, 0.717) is 13.0 Å². The monoisotopic (exact) mass is 889 g/mol. The lowest BCUT2D eigenvalue weighted by atomic mass is 9.99. The molecular weight excluding hydrogens is 801 g/mol. The highest BCUT2D eigenvalue weighted by molar-refractivity contribution is 7.80. The molecule has 1 heterocycles. The van der Waals surface area contributed by atoms with Crippen LogP contribution >= 0.6 is 0 Å². The maximum atomic E-state index is 12.8. The number of carbonyl (C=O) groups is 1. The summed E-state index contributed by atoms with van der Waals surface area (Å²) in [6.45, 7) is 3.86. The van der Waals surface area contributed by atoms with Crippen LogP contribution in [0.15, 0.2) is 36.5 Å². The predicted molar refractivity (Wildman–Crippen MR) is 243 cm³/mol. The number of allylic oxidation sites excluding steroid dienone is 6. The standard InChI is InChI=1S/C48H88O12S/c1-3-5-7-9-11-13-15-17-18-19-20-21-22-23-24-26-28-30-32-34-36-38-56-40-42(41-57-48-46(52)47(60-61(53,54)55)45(51)43(39-49)59-48)58-44(50)37-35-33-31-29-27-25-16-14-12-10-8-6-4-2/h6,8,12,14,25,27,42-43,45-49,51-52H,3-5,7,9-11,13,15-24,26,28-41H2,1-2H3,(H,53,54,55)/b8-6-,14-12-,27-25-. The summed E-state index contributed by atoms with van der Waals surface area (Å²) in [5, 5.41) is 30.7. The van der Waals surface area contributed by atoms with Gasteiger partial charge in [0.25, 0.3) is 0 Å². The zero-order valence-electron chi connectivity index (χ0n) is 38.2. The minimum Gasteiger partial charge on any atom is -0.457 e. The third-order valence-electron chi connectivity index (χ3n) is 11.0. The third kappa shape index (κ3) is 33.5. The number of hydrogen-bond acceptors (Lipinski definition) is 11. The number of ether oxygens (including phenoxy) is 4. The van der Waals surface area contributed by atoms with Crippen molar-refractivity contribution in [1.82, 2.24) is 0 Å². The second-order valence-electron chi connectivity index (χ2n) is 16.7. The molecule has 0 spiro atoms. The van der Waals surface area contributed by atoms with Crippen LogP contribution in [0, 0.1) is 0 Å².